The molecule has 0 aromatic carbocycles. The zero-order valence-corrected chi connectivity index (χ0v) is 11.2. The van der Waals surface area contributed by atoms with Crippen molar-refractivity contribution in [3.8, 4) is 0 Å². The Hall–Kier alpha value is -0.160. The van der Waals surface area contributed by atoms with Crippen molar-refractivity contribution in [2.24, 2.45) is 0 Å². The fraction of sp³-hybridized carbons (Fsp3) is 1.00. The lowest BCUT2D eigenvalue weighted by Crippen LogP contribution is -2.36. The van der Waals surface area contributed by atoms with Crippen molar-refractivity contribution in [1.29, 1.82) is 0 Å². The summed E-state index contributed by atoms with van der Waals surface area (Å²) in [5, 5.41) is 3.47. The standard InChI is InChI=1S/C13H28N2O2/c1-16-12-13-17-11-5-6-14-7-10-15-8-3-2-4-9-15/h14H,2-13H2,1H3. The fourth-order valence-electron chi connectivity index (χ4n) is 2.09. The highest BCUT2D eigenvalue weighted by atomic mass is 16.5. The van der Waals surface area contributed by atoms with Gasteiger partial charge in [-0.2, -0.15) is 0 Å². The van der Waals surface area contributed by atoms with Crippen LogP contribution in [0.25, 0.3) is 0 Å². The van der Waals surface area contributed by atoms with E-state index in [1.54, 1.807) is 7.11 Å². The zero-order chi connectivity index (χ0) is 12.2. The predicted molar refractivity (Wildman–Crippen MR) is 70.5 cm³/mol. The summed E-state index contributed by atoms with van der Waals surface area (Å²) in [6.07, 6.45) is 5.27. The largest absolute Gasteiger partial charge is 0.382 e. The number of hydrogen-bond donors (Lipinski definition) is 1. The SMILES string of the molecule is COCCOCCCNCCN1CCCCC1. The van der Waals surface area contributed by atoms with Crippen molar-refractivity contribution < 1.29 is 9.47 Å². The summed E-state index contributed by atoms with van der Waals surface area (Å²) in [5.41, 5.74) is 0. The van der Waals surface area contributed by atoms with Crippen molar-refractivity contribution in [3.05, 3.63) is 0 Å². The fourth-order valence-corrected chi connectivity index (χ4v) is 2.09. The van der Waals surface area contributed by atoms with Gasteiger partial charge in [0.05, 0.1) is 13.2 Å². The Morgan fingerprint density at radius 2 is 1.82 bits per heavy atom. The second-order valence-electron chi connectivity index (χ2n) is 4.61. The van der Waals surface area contributed by atoms with Crippen LogP contribution in [0.2, 0.25) is 0 Å². The molecule has 0 spiro atoms. The van der Waals surface area contributed by atoms with Crippen LogP contribution in [0.1, 0.15) is 25.7 Å². The lowest BCUT2D eigenvalue weighted by molar-refractivity contribution is 0.0694. The van der Waals surface area contributed by atoms with Gasteiger partial charge < -0.3 is 19.7 Å². The molecule has 1 rings (SSSR count). The second kappa shape index (κ2) is 11.0. The maximum Gasteiger partial charge on any atom is 0.0700 e. The molecule has 1 aliphatic rings. The van der Waals surface area contributed by atoms with Gasteiger partial charge >= 0.3 is 0 Å². The van der Waals surface area contributed by atoms with Gasteiger partial charge in [0.15, 0.2) is 0 Å². The van der Waals surface area contributed by atoms with E-state index in [9.17, 15) is 0 Å². The number of hydrogen-bond acceptors (Lipinski definition) is 4. The molecule has 0 aromatic heterocycles. The first-order valence-corrected chi connectivity index (χ1v) is 6.93. The summed E-state index contributed by atoms with van der Waals surface area (Å²) >= 11 is 0. The minimum Gasteiger partial charge on any atom is -0.382 e. The van der Waals surface area contributed by atoms with Crippen molar-refractivity contribution >= 4 is 0 Å². The van der Waals surface area contributed by atoms with E-state index in [2.05, 4.69) is 10.2 Å². The molecular weight excluding hydrogens is 216 g/mol. The third kappa shape index (κ3) is 8.55. The number of likely N-dealkylation sites (tertiary alicyclic amines) is 1. The number of methoxy groups -OCH3 is 1. The Balaban J connectivity index is 1.75. The summed E-state index contributed by atoms with van der Waals surface area (Å²) in [4.78, 5) is 2.56. The van der Waals surface area contributed by atoms with Crippen LogP contribution in [-0.4, -0.2) is 64.6 Å². The molecular formula is C13H28N2O2. The zero-order valence-electron chi connectivity index (χ0n) is 11.2. The van der Waals surface area contributed by atoms with Crippen molar-refractivity contribution in [2.45, 2.75) is 25.7 Å². The van der Waals surface area contributed by atoms with Crippen LogP contribution in [0.5, 0.6) is 0 Å². The minimum atomic E-state index is 0.697. The number of ether oxygens (including phenoxy) is 2. The van der Waals surface area contributed by atoms with Gasteiger partial charge in [0.2, 0.25) is 0 Å². The van der Waals surface area contributed by atoms with E-state index in [0.29, 0.717) is 13.2 Å². The monoisotopic (exact) mass is 244 g/mol. The van der Waals surface area contributed by atoms with Crippen molar-refractivity contribution in [3.63, 3.8) is 0 Å². The summed E-state index contributed by atoms with van der Waals surface area (Å²) in [6, 6.07) is 0. The average Bonchev–Trinajstić information content (AvgIpc) is 2.38. The molecule has 1 heterocycles. The maximum absolute atomic E-state index is 5.40. The first-order valence-electron chi connectivity index (χ1n) is 6.93. The van der Waals surface area contributed by atoms with Crippen LogP contribution in [0.4, 0.5) is 0 Å². The first kappa shape index (κ1) is 14.9. The van der Waals surface area contributed by atoms with Gasteiger partial charge in [-0.15, -0.1) is 0 Å². The molecule has 4 nitrogen and oxygen atoms in total. The van der Waals surface area contributed by atoms with E-state index in [1.807, 2.05) is 0 Å². The Morgan fingerprint density at radius 1 is 1.00 bits per heavy atom. The van der Waals surface area contributed by atoms with Gasteiger partial charge in [-0.3, -0.25) is 0 Å². The van der Waals surface area contributed by atoms with E-state index in [1.165, 1.54) is 38.9 Å². The molecule has 1 fully saturated rings. The molecule has 0 aromatic rings. The quantitative estimate of drug-likeness (QED) is 0.584. The minimum absolute atomic E-state index is 0.697. The lowest BCUT2D eigenvalue weighted by Gasteiger charge is -2.26. The smallest absolute Gasteiger partial charge is 0.0700 e. The molecule has 1 saturated heterocycles. The van der Waals surface area contributed by atoms with Gasteiger partial charge in [-0.1, -0.05) is 6.42 Å². The molecule has 17 heavy (non-hydrogen) atoms. The third-order valence-corrected chi connectivity index (χ3v) is 3.13. The number of rotatable bonds is 10. The molecule has 0 saturated carbocycles. The Kier molecular flexibility index (Phi) is 9.61. The number of nitrogens with one attached hydrogen (secondary N) is 1. The van der Waals surface area contributed by atoms with Gasteiger partial charge in [-0.25, -0.2) is 0 Å². The van der Waals surface area contributed by atoms with E-state index in [-0.39, 0.29) is 0 Å². The molecule has 0 aliphatic carbocycles. The third-order valence-electron chi connectivity index (χ3n) is 3.13. The second-order valence-corrected chi connectivity index (χ2v) is 4.61. The van der Waals surface area contributed by atoms with E-state index in [0.717, 1.165) is 26.1 Å². The van der Waals surface area contributed by atoms with Gasteiger partial charge in [0, 0.05) is 26.8 Å². The normalized spacial score (nSPS) is 17.5. The number of nitrogens with zero attached hydrogens (tertiary/aromatic N) is 1. The molecule has 0 atom stereocenters. The van der Waals surface area contributed by atoms with Crippen LogP contribution >= 0.6 is 0 Å². The molecule has 0 radical (unpaired) electrons. The summed E-state index contributed by atoms with van der Waals surface area (Å²) < 4.78 is 10.3. The van der Waals surface area contributed by atoms with Gasteiger partial charge in [-0.05, 0) is 38.9 Å². The average molecular weight is 244 g/mol. The maximum atomic E-state index is 5.40. The van der Waals surface area contributed by atoms with Crippen molar-refractivity contribution in [1.82, 2.24) is 10.2 Å². The number of piperidine rings is 1. The summed E-state index contributed by atoms with van der Waals surface area (Å²) in [7, 11) is 1.70. The van der Waals surface area contributed by atoms with Gasteiger partial charge in [0.25, 0.3) is 0 Å². The molecule has 0 unspecified atom stereocenters. The molecule has 0 bridgehead atoms. The molecule has 102 valence electrons. The Bertz CT molecular complexity index is 161. The molecule has 1 N–H and O–H groups in total. The highest BCUT2D eigenvalue weighted by molar-refractivity contribution is 4.65. The summed E-state index contributed by atoms with van der Waals surface area (Å²) in [5.74, 6) is 0. The Labute approximate surface area is 106 Å². The highest BCUT2D eigenvalue weighted by Crippen LogP contribution is 2.07. The summed E-state index contributed by atoms with van der Waals surface area (Å²) in [6.45, 7) is 8.19. The first-order chi connectivity index (χ1) is 8.43. The van der Waals surface area contributed by atoms with E-state index < -0.39 is 0 Å². The Morgan fingerprint density at radius 3 is 2.59 bits per heavy atom. The van der Waals surface area contributed by atoms with E-state index in [4.69, 9.17) is 9.47 Å². The topological polar surface area (TPSA) is 33.7 Å². The molecule has 1 aliphatic heterocycles. The lowest BCUT2D eigenvalue weighted by atomic mass is 10.1. The molecule has 4 heteroatoms. The van der Waals surface area contributed by atoms with Crippen LogP contribution in [0.3, 0.4) is 0 Å². The predicted octanol–water partition coefficient (Wildman–Crippen LogP) is 1.12. The van der Waals surface area contributed by atoms with Crippen LogP contribution < -0.4 is 5.32 Å². The van der Waals surface area contributed by atoms with Crippen LogP contribution in [0, 0.1) is 0 Å². The highest BCUT2D eigenvalue weighted by Gasteiger charge is 2.08. The van der Waals surface area contributed by atoms with Gasteiger partial charge in [0.1, 0.15) is 0 Å². The van der Waals surface area contributed by atoms with E-state index >= 15 is 0 Å². The van der Waals surface area contributed by atoms with Crippen molar-refractivity contribution in [2.75, 3.05) is 59.7 Å². The van der Waals surface area contributed by atoms with Crippen LogP contribution in [0.15, 0.2) is 0 Å². The van der Waals surface area contributed by atoms with Crippen LogP contribution in [-0.2, 0) is 9.47 Å². The molecule has 0 amide bonds.